The van der Waals surface area contributed by atoms with Gasteiger partial charge in [0.15, 0.2) is 5.78 Å². The molecule has 1 amide bonds. The third-order valence-corrected chi connectivity index (χ3v) is 2.45. The largest absolute Gasteiger partial charge is 0.352 e. The second kappa shape index (κ2) is 6.91. The second-order valence-electron chi connectivity index (χ2n) is 4.70. The molecule has 0 spiro atoms. The minimum atomic E-state index is -0.148. The summed E-state index contributed by atoms with van der Waals surface area (Å²) in [6, 6.07) is 8.97. The van der Waals surface area contributed by atoms with Gasteiger partial charge in [0.05, 0.1) is 6.54 Å². The summed E-state index contributed by atoms with van der Waals surface area (Å²) in [4.78, 5) is 25.2. The van der Waals surface area contributed by atoms with Gasteiger partial charge in [0.1, 0.15) is 0 Å². The third kappa shape index (κ3) is 5.10. The summed E-state index contributed by atoms with van der Waals surface area (Å²) in [5.74, 6) is -0.0124. The number of hydrogen-bond acceptors (Lipinski definition) is 3. The van der Waals surface area contributed by atoms with Crippen LogP contribution >= 0.6 is 0 Å². The fraction of sp³-hybridized carbons (Fsp3) is 0.429. The topological polar surface area (TPSA) is 49.4 Å². The first kappa shape index (κ1) is 14.4. The molecule has 1 aromatic carbocycles. The first-order valence-corrected chi connectivity index (χ1v) is 6.01. The lowest BCUT2D eigenvalue weighted by Crippen LogP contribution is -2.39. The quantitative estimate of drug-likeness (QED) is 0.773. The van der Waals surface area contributed by atoms with Crippen molar-refractivity contribution in [3.05, 3.63) is 35.9 Å². The van der Waals surface area contributed by atoms with E-state index in [0.717, 1.165) is 0 Å². The Kier molecular flexibility index (Phi) is 5.52. The van der Waals surface area contributed by atoms with Crippen LogP contribution in [0.3, 0.4) is 0 Å². The van der Waals surface area contributed by atoms with Gasteiger partial charge >= 0.3 is 0 Å². The average molecular weight is 248 g/mol. The van der Waals surface area contributed by atoms with Crippen LogP contribution in [0, 0.1) is 0 Å². The molecular weight excluding hydrogens is 228 g/mol. The van der Waals surface area contributed by atoms with Gasteiger partial charge in [-0.25, -0.2) is 0 Å². The standard InChI is InChI=1S/C14H20N2O2/c1-11(15-14(18)10-16(2)3)9-13(17)12-7-5-4-6-8-12/h4-8,11H,9-10H2,1-3H3,(H,15,18). The van der Waals surface area contributed by atoms with Crippen molar-refractivity contribution in [3.8, 4) is 0 Å². The third-order valence-electron chi connectivity index (χ3n) is 2.45. The first-order chi connectivity index (χ1) is 8.49. The molecule has 18 heavy (non-hydrogen) atoms. The fourth-order valence-electron chi connectivity index (χ4n) is 1.68. The molecule has 1 N–H and O–H groups in total. The number of benzene rings is 1. The molecule has 1 aromatic rings. The number of carbonyl (C=O) groups excluding carboxylic acids is 2. The van der Waals surface area contributed by atoms with Gasteiger partial charge < -0.3 is 10.2 Å². The van der Waals surface area contributed by atoms with E-state index in [1.165, 1.54) is 0 Å². The molecule has 0 aliphatic rings. The Labute approximate surface area is 108 Å². The first-order valence-electron chi connectivity index (χ1n) is 6.01. The minimum Gasteiger partial charge on any atom is -0.352 e. The summed E-state index contributed by atoms with van der Waals surface area (Å²) in [5.41, 5.74) is 0.686. The number of rotatable bonds is 6. The molecular formula is C14H20N2O2. The number of carbonyl (C=O) groups is 2. The van der Waals surface area contributed by atoms with Crippen molar-refractivity contribution in [1.82, 2.24) is 10.2 Å². The lowest BCUT2D eigenvalue weighted by atomic mass is 10.0. The number of ketones is 1. The van der Waals surface area contributed by atoms with Crippen LogP contribution in [-0.4, -0.2) is 43.3 Å². The summed E-state index contributed by atoms with van der Waals surface area (Å²) >= 11 is 0. The lowest BCUT2D eigenvalue weighted by Gasteiger charge is -2.15. The van der Waals surface area contributed by atoms with E-state index in [2.05, 4.69) is 5.32 Å². The summed E-state index contributed by atoms with van der Waals surface area (Å²) < 4.78 is 0. The number of likely N-dealkylation sites (N-methyl/N-ethyl adjacent to an activating group) is 1. The van der Waals surface area contributed by atoms with Crippen molar-refractivity contribution >= 4 is 11.7 Å². The molecule has 98 valence electrons. The molecule has 4 nitrogen and oxygen atoms in total. The molecule has 1 rings (SSSR count). The van der Waals surface area contributed by atoms with Gasteiger partial charge in [-0.05, 0) is 21.0 Å². The Morgan fingerprint density at radius 1 is 1.22 bits per heavy atom. The highest BCUT2D eigenvalue weighted by atomic mass is 16.2. The highest BCUT2D eigenvalue weighted by molar-refractivity contribution is 5.96. The molecule has 0 aliphatic carbocycles. The molecule has 0 bridgehead atoms. The Morgan fingerprint density at radius 3 is 2.39 bits per heavy atom. The number of hydrogen-bond donors (Lipinski definition) is 1. The molecule has 0 heterocycles. The van der Waals surface area contributed by atoms with Crippen molar-refractivity contribution < 1.29 is 9.59 Å². The van der Waals surface area contributed by atoms with Crippen molar-refractivity contribution in [1.29, 1.82) is 0 Å². The molecule has 0 saturated heterocycles. The van der Waals surface area contributed by atoms with E-state index in [-0.39, 0.29) is 17.7 Å². The number of nitrogens with one attached hydrogen (secondary N) is 1. The molecule has 0 radical (unpaired) electrons. The van der Waals surface area contributed by atoms with Gasteiger partial charge in [0.25, 0.3) is 0 Å². The summed E-state index contributed by atoms with van der Waals surface area (Å²) in [6.07, 6.45) is 0.323. The predicted octanol–water partition coefficient (Wildman–Crippen LogP) is 1.33. The number of amides is 1. The van der Waals surface area contributed by atoms with Crippen molar-refractivity contribution in [2.75, 3.05) is 20.6 Å². The van der Waals surface area contributed by atoms with Crippen molar-refractivity contribution in [3.63, 3.8) is 0 Å². The summed E-state index contributed by atoms with van der Waals surface area (Å²) in [5, 5.41) is 2.81. The van der Waals surface area contributed by atoms with Crippen LogP contribution in [0.1, 0.15) is 23.7 Å². The van der Waals surface area contributed by atoms with Crippen LogP contribution in [0.5, 0.6) is 0 Å². The van der Waals surface area contributed by atoms with Crippen LogP contribution in [0.25, 0.3) is 0 Å². The van der Waals surface area contributed by atoms with E-state index in [4.69, 9.17) is 0 Å². The Bertz CT molecular complexity index is 402. The monoisotopic (exact) mass is 248 g/mol. The van der Waals surface area contributed by atoms with Gasteiger partial charge in [-0.1, -0.05) is 30.3 Å². The van der Waals surface area contributed by atoms with Crippen LogP contribution in [0.4, 0.5) is 0 Å². The van der Waals surface area contributed by atoms with Gasteiger partial charge in [-0.15, -0.1) is 0 Å². The van der Waals surface area contributed by atoms with Gasteiger partial charge in [-0.3, -0.25) is 9.59 Å². The molecule has 4 heteroatoms. The van der Waals surface area contributed by atoms with E-state index in [1.54, 1.807) is 17.0 Å². The molecule has 0 saturated carbocycles. The van der Waals surface area contributed by atoms with Crippen LogP contribution < -0.4 is 5.32 Å². The highest BCUT2D eigenvalue weighted by Crippen LogP contribution is 2.05. The normalized spacial score (nSPS) is 12.2. The zero-order valence-electron chi connectivity index (χ0n) is 11.1. The van der Waals surface area contributed by atoms with E-state index >= 15 is 0 Å². The average Bonchev–Trinajstić information content (AvgIpc) is 2.28. The number of nitrogens with zero attached hydrogens (tertiary/aromatic N) is 1. The van der Waals surface area contributed by atoms with Crippen molar-refractivity contribution in [2.45, 2.75) is 19.4 Å². The van der Waals surface area contributed by atoms with Crippen LogP contribution in [0.15, 0.2) is 30.3 Å². The smallest absolute Gasteiger partial charge is 0.234 e. The molecule has 0 aromatic heterocycles. The number of Topliss-reactive ketones (excluding diaryl/α,β-unsaturated/α-hetero) is 1. The zero-order chi connectivity index (χ0) is 13.5. The van der Waals surface area contributed by atoms with Crippen LogP contribution in [-0.2, 0) is 4.79 Å². The maximum atomic E-state index is 11.9. The SMILES string of the molecule is CC(CC(=O)c1ccccc1)NC(=O)CN(C)C. The van der Waals surface area contributed by atoms with Gasteiger partial charge in [0, 0.05) is 18.0 Å². The second-order valence-corrected chi connectivity index (χ2v) is 4.70. The van der Waals surface area contributed by atoms with Crippen molar-refractivity contribution in [2.24, 2.45) is 0 Å². The Hall–Kier alpha value is -1.68. The highest BCUT2D eigenvalue weighted by Gasteiger charge is 2.13. The van der Waals surface area contributed by atoms with E-state index in [9.17, 15) is 9.59 Å². The summed E-state index contributed by atoms with van der Waals surface area (Å²) in [6.45, 7) is 2.18. The predicted molar refractivity (Wildman–Crippen MR) is 71.5 cm³/mol. The maximum Gasteiger partial charge on any atom is 0.234 e. The zero-order valence-corrected chi connectivity index (χ0v) is 11.1. The van der Waals surface area contributed by atoms with E-state index < -0.39 is 0 Å². The van der Waals surface area contributed by atoms with Gasteiger partial charge in [-0.2, -0.15) is 0 Å². The molecule has 0 fully saturated rings. The molecule has 0 aliphatic heterocycles. The Morgan fingerprint density at radius 2 is 1.83 bits per heavy atom. The van der Waals surface area contributed by atoms with E-state index in [0.29, 0.717) is 18.5 Å². The maximum absolute atomic E-state index is 11.9. The summed E-state index contributed by atoms with van der Waals surface area (Å²) in [7, 11) is 3.67. The molecule has 1 unspecified atom stereocenters. The van der Waals surface area contributed by atoms with Gasteiger partial charge in [0.2, 0.25) is 5.91 Å². The Balaban J connectivity index is 2.43. The molecule has 1 atom stereocenters. The lowest BCUT2D eigenvalue weighted by molar-refractivity contribution is -0.122. The van der Waals surface area contributed by atoms with Crippen LogP contribution in [0.2, 0.25) is 0 Å². The fourth-order valence-corrected chi connectivity index (χ4v) is 1.68. The minimum absolute atomic E-state index is 0.0493. The van der Waals surface area contributed by atoms with E-state index in [1.807, 2.05) is 39.2 Å².